The highest BCUT2D eigenvalue weighted by atomic mass is 16.7. The zero-order valence-electron chi connectivity index (χ0n) is 16.8. The molecule has 0 radical (unpaired) electrons. The van der Waals surface area contributed by atoms with Crippen LogP contribution in [-0.2, 0) is 9.59 Å². The van der Waals surface area contributed by atoms with Crippen LogP contribution >= 0.6 is 0 Å². The first-order valence-corrected chi connectivity index (χ1v) is 10.1. The topological polar surface area (TPSA) is 108 Å². The second-order valence-corrected chi connectivity index (χ2v) is 7.44. The zero-order valence-corrected chi connectivity index (χ0v) is 16.8. The Bertz CT molecular complexity index is 1020. The number of nitrogens with one attached hydrogen (secondary N) is 2. The number of hydrogen-bond donors (Lipinski definition) is 2. The van der Waals surface area contributed by atoms with Crippen molar-refractivity contribution in [1.29, 1.82) is 0 Å². The van der Waals surface area contributed by atoms with E-state index >= 15 is 0 Å². The number of amides is 2. The highest BCUT2D eigenvalue weighted by Gasteiger charge is 2.31. The predicted octanol–water partition coefficient (Wildman–Crippen LogP) is 0.815. The van der Waals surface area contributed by atoms with E-state index in [1.807, 2.05) is 23.1 Å². The molecule has 10 nitrogen and oxygen atoms in total. The lowest BCUT2D eigenvalue weighted by atomic mass is 10.1. The average molecular weight is 422 g/mol. The van der Waals surface area contributed by atoms with Crippen molar-refractivity contribution in [3.05, 3.63) is 42.6 Å². The minimum absolute atomic E-state index is 0.00772. The summed E-state index contributed by atoms with van der Waals surface area (Å²) >= 11 is 0. The van der Waals surface area contributed by atoms with E-state index in [0.29, 0.717) is 36.2 Å². The number of pyridine rings is 1. The fraction of sp³-hybridized carbons (Fsp3) is 0.333. The van der Waals surface area contributed by atoms with Crippen molar-refractivity contribution in [3.8, 4) is 11.5 Å². The monoisotopic (exact) mass is 422 g/mol. The van der Waals surface area contributed by atoms with Crippen LogP contribution in [-0.4, -0.2) is 66.7 Å². The number of hydrogen-bond acceptors (Lipinski definition) is 8. The lowest BCUT2D eigenvalue weighted by Gasteiger charge is -2.38. The molecule has 1 fully saturated rings. The maximum absolute atomic E-state index is 12.8. The maximum Gasteiger partial charge on any atom is 0.249 e. The summed E-state index contributed by atoms with van der Waals surface area (Å²) in [6.45, 7) is 3.01. The van der Waals surface area contributed by atoms with E-state index in [1.54, 1.807) is 24.4 Å². The molecule has 2 aromatic rings. The highest BCUT2D eigenvalue weighted by molar-refractivity contribution is 6.06. The third-order valence-electron chi connectivity index (χ3n) is 5.40. The molecule has 10 heteroatoms. The van der Waals surface area contributed by atoms with Crippen molar-refractivity contribution < 1.29 is 19.1 Å². The van der Waals surface area contributed by atoms with Gasteiger partial charge >= 0.3 is 0 Å². The Balaban J connectivity index is 1.24. The van der Waals surface area contributed by atoms with Crippen molar-refractivity contribution in [2.45, 2.75) is 12.5 Å². The van der Waals surface area contributed by atoms with Gasteiger partial charge in [0.1, 0.15) is 11.9 Å². The summed E-state index contributed by atoms with van der Waals surface area (Å²) in [5.74, 6) is 2.04. The molecule has 3 aliphatic rings. The van der Waals surface area contributed by atoms with Crippen LogP contribution < -0.4 is 25.0 Å². The SMILES string of the molecule is O=C1CC(C(=O)Nc2ccc3c(c2)OCO3)N=C(N2CCN(c3ccccn3)CC2)N1. The molecule has 0 spiro atoms. The van der Waals surface area contributed by atoms with Gasteiger partial charge in [0.15, 0.2) is 11.5 Å². The highest BCUT2D eigenvalue weighted by Crippen LogP contribution is 2.34. The number of nitrogens with zero attached hydrogens (tertiary/aromatic N) is 4. The van der Waals surface area contributed by atoms with Crippen LogP contribution in [0.2, 0.25) is 0 Å². The number of benzene rings is 1. The Morgan fingerprint density at radius 3 is 2.68 bits per heavy atom. The molecule has 1 saturated heterocycles. The molecule has 2 amide bonds. The molecule has 0 bridgehead atoms. The number of anilines is 2. The van der Waals surface area contributed by atoms with E-state index in [9.17, 15) is 9.59 Å². The Labute approximate surface area is 178 Å². The second-order valence-electron chi connectivity index (χ2n) is 7.44. The van der Waals surface area contributed by atoms with E-state index < -0.39 is 6.04 Å². The third kappa shape index (κ3) is 4.09. The normalized spacial score (nSPS) is 20.2. The first kappa shape index (κ1) is 19.2. The van der Waals surface area contributed by atoms with Gasteiger partial charge in [-0.3, -0.25) is 14.9 Å². The molecule has 0 saturated carbocycles. The van der Waals surface area contributed by atoms with Crippen LogP contribution in [0.1, 0.15) is 6.42 Å². The third-order valence-corrected chi connectivity index (χ3v) is 5.40. The number of piperazine rings is 1. The Hall–Kier alpha value is -3.82. The summed E-state index contributed by atoms with van der Waals surface area (Å²) < 4.78 is 10.6. The molecule has 5 rings (SSSR count). The Kier molecular flexibility index (Phi) is 5.03. The molecule has 2 N–H and O–H groups in total. The lowest BCUT2D eigenvalue weighted by Crippen LogP contribution is -2.56. The number of aliphatic imine (C=N–C) groups is 1. The van der Waals surface area contributed by atoms with Crippen molar-refractivity contribution in [2.24, 2.45) is 4.99 Å². The minimum Gasteiger partial charge on any atom is -0.454 e. The summed E-state index contributed by atoms with van der Waals surface area (Å²) in [6.07, 6.45) is 1.78. The van der Waals surface area contributed by atoms with Crippen molar-refractivity contribution in [3.63, 3.8) is 0 Å². The fourth-order valence-electron chi connectivity index (χ4n) is 3.78. The van der Waals surface area contributed by atoms with Crippen molar-refractivity contribution in [2.75, 3.05) is 43.2 Å². The number of aromatic nitrogens is 1. The first-order valence-electron chi connectivity index (χ1n) is 10.1. The van der Waals surface area contributed by atoms with E-state index in [4.69, 9.17) is 9.47 Å². The van der Waals surface area contributed by atoms with E-state index in [2.05, 4.69) is 25.5 Å². The van der Waals surface area contributed by atoms with Gasteiger partial charge in [-0.15, -0.1) is 0 Å². The maximum atomic E-state index is 12.8. The number of rotatable bonds is 3. The van der Waals surface area contributed by atoms with Gasteiger partial charge in [0.25, 0.3) is 0 Å². The molecule has 1 atom stereocenters. The number of carbonyl (C=O) groups excluding carboxylic acids is 2. The summed E-state index contributed by atoms with van der Waals surface area (Å²) in [7, 11) is 0. The molecule has 1 unspecified atom stereocenters. The van der Waals surface area contributed by atoms with E-state index in [-0.39, 0.29) is 25.0 Å². The molecule has 31 heavy (non-hydrogen) atoms. The van der Waals surface area contributed by atoms with Gasteiger partial charge in [-0.1, -0.05) is 6.07 Å². The second kappa shape index (κ2) is 8.13. The summed E-state index contributed by atoms with van der Waals surface area (Å²) in [5, 5.41) is 5.63. The molecule has 160 valence electrons. The molecule has 1 aromatic carbocycles. The van der Waals surface area contributed by atoms with Crippen LogP contribution in [0.5, 0.6) is 11.5 Å². The number of carbonyl (C=O) groups is 2. The minimum atomic E-state index is -0.789. The van der Waals surface area contributed by atoms with Gasteiger partial charge in [0.05, 0.1) is 6.42 Å². The molecule has 3 aliphatic heterocycles. The van der Waals surface area contributed by atoms with E-state index in [1.165, 1.54) is 0 Å². The van der Waals surface area contributed by atoms with Crippen LogP contribution in [0.15, 0.2) is 47.6 Å². The Morgan fingerprint density at radius 1 is 1.06 bits per heavy atom. The quantitative estimate of drug-likeness (QED) is 0.754. The molecular formula is C21H22N6O4. The lowest BCUT2D eigenvalue weighted by molar-refractivity contribution is -0.125. The fourth-order valence-corrected chi connectivity index (χ4v) is 3.78. The predicted molar refractivity (Wildman–Crippen MR) is 113 cm³/mol. The van der Waals surface area contributed by atoms with Gasteiger partial charge in [0, 0.05) is 44.1 Å². The van der Waals surface area contributed by atoms with Gasteiger partial charge in [-0.25, -0.2) is 9.98 Å². The van der Waals surface area contributed by atoms with Gasteiger partial charge in [-0.2, -0.15) is 0 Å². The van der Waals surface area contributed by atoms with Crippen LogP contribution in [0.4, 0.5) is 11.5 Å². The number of guanidine groups is 1. The Morgan fingerprint density at radius 2 is 1.87 bits per heavy atom. The zero-order chi connectivity index (χ0) is 21.2. The van der Waals surface area contributed by atoms with Gasteiger partial charge in [-0.05, 0) is 24.3 Å². The summed E-state index contributed by atoms with van der Waals surface area (Å²) in [6, 6.07) is 10.2. The van der Waals surface area contributed by atoms with Gasteiger partial charge in [0.2, 0.25) is 24.6 Å². The summed E-state index contributed by atoms with van der Waals surface area (Å²) in [5.41, 5.74) is 0.570. The van der Waals surface area contributed by atoms with Crippen LogP contribution in [0, 0.1) is 0 Å². The van der Waals surface area contributed by atoms with Crippen LogP contribution in [0.3, 0.4) is 0 Å². The van der Waals surface area contributed by atoms with Crippen LogP contribution in [0.25, 0.3) is 0 Å². The molecule has 1 aromatic heterocycles. The van der Waals surface area contributed by atoms with Crippen molar-refractivity contribution in [1.82, 2.24) is 15.2 Å². The standard InChI is InChI=1S/C21H22N6O4/c28-19-12-15(20(29)23-14-4-5-16-17(11-14)31-13-30-16)24-21(25-19)27-9-7-26(8-10-27)18-3-1-2-6-22-18/h1-6,11,15H,7-10,12-13H2,(H,23,29)(H,24,25,28). The van der Waals surface area contributed by atoms with Gasteiger partial charge < -0.3 is 24.6 Å². The molecular weight excluding hydrogens is 400 g/mol. The van der Waals surface area contributed by atoms with Crippen molar-refractivity contribution >= 4 is 29.3 Å². The van der Waals surface area contributed by atoms with E-state index in [0.717, 1.165) is 18.9 Å². The largest absolute Gasteiger partial charge is 0.454 e. The first-order chi connectivity index (χ1) is 15.2. The summed E-state index contributed by atoms with van der Waals surface area (Å²) in [4.78, 5) is 38.1. The number of fused-ring (bicyclic) bond motifs is 1. The molecule has 4 heterocycles. The number of ether oxygens (including phenoxy) is 2. The smallest absolute Gasteiger partial charge is 0.249 e. The average Bonchev–Trinajstić information content (AvgIpc) is 3.27. The molecule has 0 aliphatic carbocycles.